The van der Waals surface area contributed by atoms with Crippen molar-refractivity contribution in [2.24, 2.45) is 0 Å². The molecular formula is C13H18N2S. The van der Waals surface area contributed by atoms with Gasteiger partial charge in [0, 0.05) is 18.3 Å². The molecule has 0 saturated carbocycles. The summed E-state index contributed by atoms with van der Waals surface area (Å²) in [5.74, 6) is -0.0461. The van der Waals surface area contributed by atoms with Gasteiger partial charge in [-0.25, -0.2) is 0 Å². The topological polar surface area (TPSA) is 35.8 Å². The normalized spacial score (nSPS) is 14.1. The zero-order valence-electron chi connectivity index (χ0n) is 9.81. The van der Waals surface area contributed by atoms with Crippen LogP contribution in [0.1, 0.15) is 18.4 Å². The van der Waals surface area contributed by atoms with Crippen LogP contribution < -0.4 is 5.32 Å². The molecule has 2 nitrogen and oxygen atoms in total. The monoisotopic (exact) mass is 234 g/mol. The third kappa shape index (κ3) is 4.26. The Morgan fingerprint density at radius 2 is 2.00 bits per heavy atom. The Kier molecular flexibility index (Phi) is 5.99. The van der Waals surface area contributed by atoms with Crippen molar-refractivity contribution in [2.75, 3.05) is 19.3 Å². The van der Waals surface area contributed by atoms with Gasteiger partial charge in [0.05, 0.1) is 12.0 Å². The summed E-state index contributed by atoms with van der Waals surface area (Å²) < 4.78 is 0. The van der Waals surface area contributed by atoms with E-state index in [-0.39, 0.29) is 5.92 Å². The van der Waals surface area contributed by atoms with E-state index in [1.165, 1.54) is 0 Å². The molecule has 0 aliphatic carbocycles. The molecule has 0 amide bonds. The Hall–Kier alpha value is -0.980. The third-order valence-electron chi connectivity index (χ3n) is 2.54. The summed E-state index contributed by atoms with van der Waals surface area (Å²) in [5.41, 5.74) is 1.09. The van der Waals surface area contributed by atoms with Gasteiger partial charge in [0.2, 0.25) is 0 Å². The second-order valence-electron chi connectivity index (χ2n) is 3.80. The Balaban J connectivity index is 2.42. The van der Waals surface area contributed by atoms with Crippen LogP contribution in [0.2, 0.25) is 0 Å². The average Bonchev–Trinajstić information content (AvgIpc) is 2.35. The zero-order valence-corrected chi connectivity index (χ0v) is 10.6. The molecule has 86 valence electrons. The molecule has 1 rings (SSSR count). The predicted octanol–water partition coefficient (Wildman–Crippen LogP) is 2.63. The number of benzene rings is 1. The quantitative estimate of drug-likeness (QED) is 0.822. The highest BCUT2D eigenvalue weighted by Gasteiger charge is 2.09. The highest BCUT2D eigenvalue weighted by Crippen LogP contribution is 2.13. The van der Waals surface area contributed by atoms with Crippen LogP contribution in [0.15, 0.2) is 30.3 Å². The van der Waals surface area contributed by atoms with Gasteiger partial charge in [0.1, 0.15) is 0 Å². The van der Waals surface area contributed by atoms with Crippen LogP contribution in [0, 0.1) is 11.3 Å². The van der Waals surface area contributed by atoms with Crippen LogP contribution >= 0.6 is 11.8 Å². The molecule has 0 bridgehead atoms. The first-order valence-corrected chi connectivity index (χ1v) is 6.74. The largest absolute Gasteiger partial charge is 0.314 e. The lowest BCUT2D eigenvalue weighted by molar-refractivity contribution is 0.648. The molecule has 0 fully saturated rings. The van der Waals surface area contributed by atoms with Gasteiger partial charge in [0.15, 0.2) is 0 Å². The molecule has 2 unspecified atom stereocenters. The molecule has 1 aromatic rings. The van der Waals surface area contributed by atoms with Crippen LogP contribution in [0.3, 0.4) is 0 Å². The van der Waals surface area contributed by atoms with E-state index in [4.69, 9.17) is 5.26 Å². The van der Waals surface area contributed by atoms with Gasteiger partial charge in [-0.3, -0.25) is 0 Å². The first-order valence-electron chi connectivity index (χ1n) is 5.46. The third-order valence-corrected chi connectivity index (χ3v) is 3.51. The van der Waals surface area contributed by atoms with Gasteiger partial charge in [0.25, 0.3) is 0 Å². The molecule has 0 spiro atoms. The number of nitrogens with one attached hydrogen (secondary N) is 1. The summed E-state index contributed by atoms with van der Waals surface area (Å²) in [6, 6.07) is 12.3. The minimum atomic E-state index is -0.0461. The molecule has 16 heavy (non-hydrogen) atoms. The fourth-order valence-electron chi connectivity index (χ4n) is 1.44. The summed E-state index contributed by atoms with van der Waals surface area (Å²) in [7, 11) is 0. The Morgan fingerprint density at radius 3 is 2.56 bits per heavy atom. The fourth-order valence-corrected chi connectivity index (χ4v) is 1.72. The number of thioether (sulfide) groups is 1. The van der Waals surface area contributed by atoms with E-state index in [2.05, 4.69) is 24.6 Å². The molecule has 0 aliphatic rings. The second kappa shape index (κ2) is 7.32. The summed E-state index contributed by atoms with van der Waals surface area (Å²) in [5, 5.41) is 13.0. The van der Waals surface area contributed by atoms with E-state index < -0.39 is 0 Å². The van der Waals surface area contributed by atoms with Crippen molar-refractivity contribution in [3.8, 4) is 6.07 Å². The number of nitriles is 1. The summed E-state index contributed by atoms with van der Waals surface area (Å²) >= 11 is 1.83. The van der Waals surface area contributed by atoms with Crippen molar-refractivity contribution in [2.45, 2.75) is 18.1 Å². The van der Waals surface area contributed by atoms with Crippen molar-refractivity contribution < 1.29 is 0 Å². The van der Waals surface area contributed by atoms with E-state index in [0.29, 0.717) is 5.25 Å². The highest BCUT2D eigenvalue weighted by molar-refractivity contribution is 7.99. The van der Waals surface area contributed by atoms with Gasteiger partial charge < -0.3 is 5.32 Å². The lowest BCUT2D eigenvalue weighted by Crippen LogP contribution is -2.27. The summed E-state index contributed by atoms with van der Waals surface area (Å²) in [6.07, 6.45) is 2.10. The zero-order chi connectivity index (χ0) is 11.8. The Labute approximate surface area is 102 Å². The van der Waals surface area contributed by atoms with Crippen LogP contribution in [0.25, 0.3) is 0 Å². The van der Waals surface area contributed by atoms with Gasteiger partial charge >= 0.3 is 0 Å². The standard InChI is InChI=1S/C13H18N2S/c1-11(16-2)9-15-10-13(8-14)12-6-4-3-5-7-12/h3-7,11,13,15H,9-10H2,1-2H3. The summed E-state index contributed by atoms with van der Waals surface area (Å²) in [6.45, 7) is 3.86. The van der Waals surface area contributed by atoms with Crippen molar-refractivity contribution in [3.05, 3.63) is 35.9 Å². The first kappa shape index (κ1) is 13.1. The molecule has 1 N–H and O–H groups in total. The molecular weight excluding hydrogens is 216 g/mol. The minimum Gasteiger partial charge on any atom is -0.314 e. The van der Waals surface area contributed by atoms with E-state index >= 15 is 0 Å². The predicted molar refractivity (Wildman–Crippen MR) is 70.6 cm³/mol. The molecule has 0 aliphatic heterocycles. The van der Waals surface area contributed by atoms with Gasteiger partial charge in [-0.1, -0.05) is 37.3 Å². The number of hydrogen-bond donors (Lipinski definition) is 1. The highest BCUT2D eigenvalue weighted by atomic mass is 32.2. The molecule has 1 aromatic carbocycles. The van der Waals surface area contributed by atoms with Crippen molar-refractivity contribution in [1.29, 1.82) is 5.26 Å². The van der Waals surface area contributed by atoms with Crippen LogP contribution in [-0.4, -0.2) is 24.6 Å². The van der Waals surface area contributed by atoms with Gasteiger partial charge in [-0.2, -0.15) is 17.0 Å². The maximum Gasteiger partial charge on any atom is 0.0837 e. The van der Waals surface area contributed by atoms with E-state index in [0.717, 1.165) is 18.7 Å². The maximum absolute atomic E-state index is 9.11. The molecule has 2 atom stereocenters. The summed E-state index contributed by atoms with van der Waals surface area (Å²) in [4.78, 5) is 0. The van der Waals surface area contributed by atoms with E-state index in [1.807, 2.05) is 42.1 Å². The Bertz CT molecular complexity index is 332. The molecule has 0 saturated heterocycles. The van der Waals surface area contributed by atoms with Crippen LogP contribution in [0.5, 0.6) is 0 Å². The molecule has 0 aromatic heterocycles. The molecule has 0 heterocycles. The molecule has 0 radical (unpaired) electrons. The maximum atomic E-state index is 9.11. The number of rotatable bonds is 6. The van der Waals surface area contributed by atoms with E-state index in [9.17, 15) is 0 Å². The number of nitrogens with zero attached hydrogens (tertiary/aromatic N) is 1. The SMILES string of the molecule is CSC(C)CNCC(C#N)c1ccccc1. The van der Waals surface area contributed by atoms with Crippen molar-refractivity contribution >= 4 is 11.8 Å². The lowest BCUT2D eigenvalue weighted by Gasteiger charge is -2.13. The first-order chi connectivity index (χ1) is 7.77. The number of hydrogen-bond acceptors (Lipinski definition) is 3. The van der Waals surface area contributed by atoms with Crippen molar-refractivity contribution in [3.63, 3.8) is 0 Å². The van der Waals surface area contributed by atoms with Gasteiger partial charge in [-0.15, -0.1) is 0 Å². The Morgan fingerprint density at radius 1 is 1.31 bits per heavy atom. The van der Waals surface area contributed by atoms with Crippen LogP contribution in [0.4, 0.5) is 0 Å². The van der Waals surface area contributed by atoms with Crippen molar-refractivity contribution in [1.82, 2.24) is 5.32 Å². The van der Waals surface area contributed by atoms with Gasteiger partial charge in [-0.05, 0) is 11.8 Å². The fraction of sp³-hybridized carbons (Fsp3) is 0.462. The van der Waals surface area contributed by atoms with Crippen LogP contribution in [-0.2, 0) is 0 Å². The minimum absolute atomic E-state index is 0.0461. The molecule has 3 heteroatoms. The lowest BCUT2D eigenvalue weighted by atomic mass is 10.0. The second-order valence-corrected chi connectivity index (χ2v) is 5.07. The van der Waals surface area contributed by atoms with E-state index in [1.54, 1.807) is 0 Å². The smallest absolute Gasteiger partial charge is 0.0837 e. The average molecular weight is 234 g/mol.